The number of rotatable bonds is 8. The van der Waals surface area contributed by atoms with E-state index in [0.717, 1.165) is 60.9 Å². The molecule has 1 saturated heterocycles. The minimum absolute atomic E-state index is 0.279. The maximum atomic E-state index is 13.3. The van der Waals surface area contributed by atoms with Crippen molar-refractivity contribution in [1.29, 1.82) is 0 Å². The van der Waals surface area contributed by atoms with Gasteiger partial charge in [0.25, 0.3) is 0 Å². The Labute approximate surface area is 190 Å². The molecule has 0 aliphatic carbocycles. The van der Waals surface area contributed by atoms with Gasteiger partial charge in [-0.25, -0.2) is 17.5 Å². The van der Waals surface area contributed by atoms with Crippen molar-refractivity contribution in [2.24, 2.45) is 0 Å². The molecule has 0 amide bonds. The second-order valence-electron chi connectivity index (χ2n) is 7.88. The van der Waals surface area contributed by atoms with Crippen LogP contribution in [0.1, 0.15) is 37.3 Å². The predicted octanol–water partition coefficient (Wildman–Crippen LogP) is 4.67. The van der Waals surface area contributed by atoms with Crippen molar-refractivity contribution in [2.75, 3.05) is 26.2 Å². The average Bonchev–Trinajstić information content (AvgIpc) is 3.17. The SMILES string of the molecule is O=S(=O)(NCCCCN1CCC(c2noc3cc(F)ccc23)CC1)c1ccc(Br)cc1. The van der Waals surface area contributed by atoms with Crippen LogP contribution in [-0.4, -0.2) is 44.7 Å². The largest absolute Gasteiger partial charge is 0.356 e. The highest BCUT2D eigenvalue weighted by atomic mass is 79.9. The predicted molar refractivity (Wildman–Crippen MR) is 121 cm³/mol. The Morgan fingerprint density at radius 1 is 1.13 bits per heavy atom. The van der Waals surface area contributed by atoms with Gasteiger partial charge in [0.15, 0.2) is 5.58 Å². The number of halogens is 2. The second-order valence-corrected chi connectivity index (χ2v) is 10.6. The molecule has 0 atom stereocenters. The molecule has 0 bridgehead atoms. The van der Waals surface area contributed by atoms with Crippen molar-refractivity contribution in [3.63, 3.8) is 0 Å². The lowest BCUT2D eigenvalue weighted by Gasteiger charge is -2.31. The van der Waals surface area contributed by atoms with Gasteiger partial charge in [0.2, 0.25) is 10.0 Å². The molecule has 1 fully saturated rings. The molecule has 31 heavy (non-hydrogen) atoms. The summed E-state index contributed by atoms with van der Waals surface area (Å²) in [4.78, 5) is 2.68. The third-order valence-electron chi connectivity index (χ3n) is 5.75. The zero-order valence-electron chi connectivity index (χ0n) is 17.1. The van der Waals surface area contributed by atoms with Crippen LogP contribution < -0.4 is 4.72 Å². The summed E-state index contributed by atoms with van der Waals surface area (Å²) in [6.07, 6.45) is 3.68. The van der Waals surface area contributed by atoms with Crippen molar-refractivity contribution in [1.82, 2.24) is 14.8 Å². The maximum absolute atomic E-state index is 13.3. The Balaban J connectivity index is 1.19. The lowest BCUT2D eigenvalue weighted by molar-refractivity contribution is 0.206. The third kappa shape index (κ3) is 5.52. The van der Waals surface area contributed by atoms with Gasteiger partial charge in [0.1, 0.15) is 5.82 Å². The van der Waals surface area contributed by atoms with Crippen LogP contribution in [0.4, 0.5) is 4.39 Å². The van der Waals surface area contributed by atoms with Crippen molar-refractivity contribution in [2.45, 2.75) is 36.5 Å². The first kappa shape index (κ1) is 22.4. The number of nitrogens with one attached hydrogen (secondary N) is 1. The van der Waals surface area contributed by atoms with Gasteiger partial charge >= 0.3 is 0 Å². The fourth-order valence-electron chi connectivity index (χ4n) is 4.02. The molecule has 1 N–H and O–H groups in total. The van der Waals surface area contributed by atoms with Crippen LogP contribution in [0.5, 0.6) is 0 Å². The molecule has 0 spiro atoms. The summed E-state index contributed by atoms with van der Waals surface area (Å²) in [7, 11) is -3.46. The molecule has 4 rings (SSSR count). The summed E-state index contributed by atoms with van der Waals surface area (Å²) < 4.78 is 46.8. The number of nitrogens with zero attached hydrogens (tertiary/aromatic N) is 2. The van der Waals surface area contributed by atoms with Gasteiger partial charge in [-0.2, -0.15) is 0 Å². The lowest BCUT2D eigenvalue weighted by atomic mass is 9.91. The van der Waals surface area contributed by atoms with E-state index in [9.17, 15) is 12.8 Å². The number of hydrogen-bond donors (Lipinski definition) is 1. The van der Waals surface area contributed by atoms with Gasteiger partial charge in [-0.1, -0.05) is 21.1 Å². The summed E-state index contributed by atoms with van der Waals surface area (Å²) >= 11 is 3.31. The fourth-order valence-corrected chi connectivity index (χ4v) is 5.36. The lowest BCUT2D eigenvalue weighted by Crippen LogP contribution is -2.34. The van der Waals surface area contributed by atoms with Gasteiger partial charge in [0, 0.05) is 28.4 Å². The standard InChI is InChI=1S/C22H25BrFN3O3S/c23-17-3-6-19(7-4-17)31(28,29)25-11-1-2-12-27-13-9-16(10-14-27)22-20-8-5-18(24)15-21(20)30-26-22/h3-8,15-16,25H,1-2,9-14H2. The fraction of sp³-hybridized carbons (Fsp3) is 0.409. The van der Waals surface area contributed by atoms with E-state index in [2.05, 4.69) is 30.7 Å². The number of likely N-dealkylation sites (tertiary alicyclic amines) is 1. The molecule has 0 radical (unpaired) electrons. The minimum atomic E-state index is -3.46. The van der Waals surface area contributed by atoms with E-state index in [1.54, 1.807) is 30.3 Å². The summed E-state index contributed by atoms with van der Waals surface area (Å²) in [5.41, 5.74) is 1.43. The van der Waals surface area contributed by atoms with Gasteiger partial charge in [-0.05, 0) is 81.7 Å². The highest BCUT2D eigenvalue weighted by Crippen LogP contribution is 2.32. The first-order chi connectivity index (χ1) is 14.9. The highest BCUT2D eigenvalue weighted by Gasteiger charge is 2.25. The number of benzene rings is 2. The topological polar surface area (TPSA) is 75.4 Å². The number of sulfonamides is 1. The zero-order chi connectivity index (χ0) is 21.8. The first-order valence-electron chi connectivity index (χ1n) is 10.4. The van der Waals surface area contributed by atoms with E-state index in [-0.39, 0.29) is 10.7 Å². The molecular formula is C22H25BrFN3O3S. The molecule has 0 unspecified atom stereocenters. The Bertz CT molecular complexity index is 1130. The van der Waals surface area contributed by atoms with Crippen molar-refractivity contribution in [3.05, 3.63) is 58.4 Å². The Kier molecular flexibility index (Phi) is 7.05. The van der Waals surface area contributed by atoms with Crippen LogP contribution >= 0.6 is 15.9 Å². The average molecular weight is 510 g/mol. The quantitative estimate of drug-likeness (QED) is 0.446. The Hall–Kier alpha value is -1.81. The minimum Gasteiger partial charge on any atom is -0.356 e. The Morgan fingerprint density at radius 2 is 1.87 bits per heavy atom. The van der Waals surface area contributed by atoms with Gasteiger partial charge in [-0.3, -0.25) is 0 Å². The number of fused-ring (bicyclic) bond motifs is 1. The van der Waals surface area contributed by atoms with Crippen molar-refractivity contribution < 1.29 is 17.3 Å². The van der Waals surface area contributed by atoms with Crippen LogP contribution in [0.3, 0.4) is 0 Å². The summed E-state index contributed by atoms with van der Waals surface area (Å²) in [5, 5.41) is 5.10. The van der Waals surface area contributed by atoms with Crippen LogP contribution in [0, 0.1) is 5.82 Å². The first-order valence-corrected chi connectivity index (χ1v) is 12.7. The molecule has 6 nitrogen and oxygen atoms in total. The van der Waals surface area contributed by atoms with Crippen LogP contribution in [0.2, 0.25) is 0 Å². The smallest absolute Gasteiger partial charge is 0.240 e. The highest BCUT2D eigenvalue weighted by molar-refractivity contribution is 9.10. The van der Waals surface area contributed by atoms with E-state index >= 15 is 0 Å². The number of hydrogen-bond acceptors (Lipinski definition) is 5. The molecule has 9 heteroatoms. The molecule has 1 aliphatic heterocycles. The molecule has 0 saturated carbocycles. The number of aromatic nitrogens is 1. The normalized spacial score (nSPS) is 16.2. The van der Waals surface area contributed by atoms with Crippen molar-refractivity contribution >= 4 is 36.9 Å². The number of piperidine rings is 1. The monoisotopic (exact) mass is 509 g/mol. The molecule has 2 aromatic carbocycles. The maximum Gasteiger partial charge on any atom is 0.240 e. The summed E-state index contributed by atoms with van der Waals surface area (Å²) in [6, 6.07) is 11.2. The van der Waals surface area contributed by atoms with Crippen LogP contribution in [0.15, 0.2) is 56.4 Å². The summed E-state index contributed by atoms with van der Waals surface area (Å²) in [6.45, 7) is 3.30. The van der Waals surface area contributed by atoms with Gasteiger partial charge in [-0.15, -0.1) is 0 Å². The molecule has 2 heterocycles. The van der Waals surface area contributed by atoms with Crippen LogP contribution in [0.25, 0.3) is 11.0 Å². The zero-order valence-corrected chi connectivity index (χ0v) is 19.5. The van der Waals surface area contributed by atoms with E-state index in [0.29, 0.717) is 18.0 Å². The second kappa shape index (κ2) is 9.77. The summed E-state index contributed by atoms with van der Waals surface area (Å²) in [5.74, 6) is 0.00447. The third-order valence-corrected chi connectivity index (χ3v) is 7.76. The molecule has 1 aromatic heterocycles. The molecular weight excluding hydrogens is 485 g/mol. The van der Waals surface area contributed by atoms with Crippen LogP contribution in [-0.2, 0) is 10.0 Å². The van der Waals surface area contributed by atoms with E-state index in [1.807, 2.05) is 0 Å². The van der Waals surface area contributed by atoms with E-state index in [4.69, 9.17) is 4.52 Å². The molecule has 3 aromatic rings. The van der Waals surface area contributed by atoms with E-state index < -0.39 is 10.0 Å². The van der Waals surface area contributed by atoms with Gasteiger partial charge in [0.05, 0.1) is 10.6 Å². The molecule has 1 aliphatic rings. The van der Waals surface area contributed by atoms with Crippen molar-refractivity contribution in [3.8, 4) is 0 Å². The molecule has 166 valence electrons. The number of unbranched alkanes of at least 4 members (excludes halogenated alkanes) is 1. The van der Waals surface area contributed by atoms with Gasteiger partial charge < -0.3 is 9.42 Å². The van der Waals surface area contributed by atoms with E-state index in [1.165, 1.54) is 12.1 Å². The Morgan fingerprint density at radius 3 is 2.61 bits per heavy atom.